The summed E-state index contributed by atoms with van der Waals surface area (Å²) >= 11 is 0. The highest BCUT2D eigenvalue weighted by atomic mass is 16.5. The van der Waals surface area contributed by atoms with Crippen LogP contribution < -0.4 is 31.1 Å². The van der Waals surface area contributed by atoms with Crippen LogP contribution in [-0.2, 0) is 41.6 Å². The maximum absolute atomic E-state index is 15.2. The molecule has 0 spiro atoms. The number of methoxy groups -OCH3 is 3. The van der Waals surface area contributed by atoms with Crippen molar-refractivity contribution >= 4 is 28.2 Å². The smallest absolute Gasteiger partial charge is 0.347 e. The van der Waals surface area contributed by atoms with Gasteiger partial charge in [0.25, 0.3) is 5.56 Å². The first-order valence-corrected chi connectivity index (χ1v) is 19.5. The molecular weight excluding hydrogens is 767 g/mol. The fraction of sp³-hybridized carbons (Fsp3) is 0.261. The van der Waals surface area contributed by atoms with Crippen LogP contribution in [0, 0.1) is 5.92 Å². The summed E-state index contributed by atoms with van der Waals surface area (Å²) in [5.74, 6) is -1.43. The molecule has 4 aromatic carbocycles. The number of hydrogen-bond donors (Lipinski definition) is 1. The van der Waals surface area contributed by atoms with E-state index in [4.69, 9.17) is 14.2 Å². The number of phenolic OH excluding ortho intramolecular Hbond substituents is 1. The number of allylic oxidation sites excluding steroid dienone is 4. The molecule has 14 nitrogen and oxygen atoms in total. The normalized spacial score (nSPS) is 20.8. The number of ether oxygens (including phenoxy) is 3. The Kier molecular flexibility index (Phi) is 9.29. The molecule has 9 rings (SSSR count). The van der Waals surface area contributed by atoms with Gasteiger partial charge >= 0.3 is 11.4 Å². The fourth-order valence-corrected chi connectivity index (χ4v) is 9.71. The summed E-state index contributed by atoms with van der Waals surface area (Å²) in [5.41, 5.74) is 0.813. The van der Waals surface area contributed by atoms with Gasteiger partial charge in [0.05, 0.1) is 50.4 Å². The maximum atomic E-state index is 15.2. The predicted molar refractivity (Wildman–Crippen MR) is 222 cm³/mol. The zero-order chi connectivity index (χ0) is 42.0. The lowest BCUT2D eigenvalue weighted by molar-refractivity contribution is -0.133. The molecule has 4 atom stereocenters. The van der Waals surface area contributed by atoms with Crippen LogP contribution in [0.25, 0.3) is 16.6 Å². The monoisotopic (exact) mass is 807 g/mol. The van der Waals surface area contributed by atoms with Crippen molar-refractivity contribution in [2.45, 2.75) is 43.3 Å². The van der Waals surface area contributed by atoms with Crippen molar-refractivity contribution in [3.8, 4) is 23.0 Å². The number of carbonyl (C=O) groups is 2. The number of hydrogen-bond acceptors (Lipinski definition) is 10. The number of nitrogens with zero attached hydrogens (tertiary/aromatic N) is 5. The number of aryl methyl sites for hydroxylation is 2. The highest BCUT2D eigenvalue weighted by molar-refractivity contribution is 6.31. The van der Waals surface area contributed by atoms with Crippen molar-refractivity contribution in [1.29, 1.82) is 0 Å². The third kappa shape index (κ3) is 5.61. The van der Waals surface area contributed by atoms with Crippen molar-refractivity contribution in [2.75, 3.05) is 21.3 Å². The van der Waals surface area contributed by atoms with Crippen LogP contribution in [0.2, 0.25) is 0 Å². The lowest BCUT2D eigenvalue weighted by Crippen LogP contribution is -2.58. The molecular formula is C46H41N5O9. The zero-order valence-corrected chi connectivity index (χ0v) is 33.3. The first-order valence-electron chi connectivity index (χ1n) is 19.5. The zero-order valence-electron chi connectivity index (χ0n) is 33.3. The van der Waals surface area contributed by atoms with E-state index in [1.165, 1.54) is 47.4 Å². The van der Waals surface area contributed by atoms with Crippen LogP contribution in [-0.4, -0.2) is 61.5 Å². The Morgan fingerprint density at radius 1 is 0.817 bits per heavy atom. The number of fused-ring (bicyclic) bond motifs is 5. The summed E-state index contributed by atoms with van der Waals surface area (Å²) in [4.78, 5) is 77.5. The number of benzene rings is 4. The quantitative estimate of drug-likeness (QED) is 0.206. The van der Waals surface area contributed by atoms with E-state index >= 15 is 9.59 Å². The van der Waals surface area contributed by atoms with Crippen LogP contribution in [0.15, 0.2) is 123 Å². The van der Waals surface area contributed by atoms with E-state index in [0.29, 0.717) is 44.8 Å². The number of ketones is 2. The van der Waals surface area contributed by atoms with Crippen LogP contribution in [0.4, 0.5) is 0 Å². The van der Waals surface area contributed by atoms with E-state index in [2.05, 4.69) is 4.98 Å². The van der Waals surface area contributed by atoms with Crippen LogP contribution in [0.3, 0.4) is 0 Å². The molecule has 0 amide bonds. The molecule has 2 aliphatic carbocycles. The summed E-state index contributed by atoms with van der Waals surface area (Å²) in [6.45, 7) is -0.152. The van der Waals surface area contributed by atoms with Gasteiger partial charge in [-0.05, 0) is 46.9 Å². The molecule has 0 radical (unpaired) electrons. The molecule has 6 aromatic rings. The van der Waals surface area contributed by atoms with Crippen LogP contribution >= 0.6 is 0 Å². The second kappa shape index (κ2) is 14.6. The molecule has 2 aromatic heterocycles. The first-order chi connectivity index (χ1) is 29.0. The molecule has 1 fully saturated rings. The Bertz CT molecular complexity index is 2990. The van der Waals surface area contributed by atoms with Crippen LogP contribution in [0.5, 0.6) is 23.0 Å². The minimum absolute atomic E-state index is 0.000972. The van der Waals surface area contributed by atoms with Gasteiger partial charge in [0.2, 0.25) is 0 Å². The van der Waals surface area contributed by atoms with Crippen molar-refractivity contribution in [2.24, 2.45) is 13.0 Å². The largest absolute Gasteiger partial charge is 0.504 e. The van der Waals surface area contributed by atoms with Gasteiger partial charge in [-0.1, -0.05) is 72.8 Å². The summed E-state index contributed by atoms with van der Waals surface area (Å²) in [6, 6.07) is 25.6. The Balaban J connectivity index is 1.19. The van der Waals surface area contributed by atoms with Gasteiger partial charge in [-0.3, -0.25) is 14.4 Å². The van der Waals surface area contributed by atoms with Gasteiger partial charge in [-0.15, -0.1) is 0 Å². The fourth-order valence-electron chi connectivity index (χ4n) is 9.71. The van der Waals surface area contributed by atoms with Gasteiger partial charge in [0.15, 0.2) is 34.6 Å². The second-order valence-corrected chi connectivity index (χ2v) is 15.3. The molecule has 304 valence electrons. The van der Waals surface area contributed by atoms with E-state index < -0.39 is 40.2 Å². The number of phenols is 1. The molecule has 0 bridgehead atoms. The second-order valence-electron chi connectivity index (χ2n) is 15.3. The molecule has 1 aliphatic heterocycles. The number of Topliss-reactive ketones (excluding diaryl/α,β-unsaturated/α-hetero) is 1. The Morgan fingerprint density at radius 2 is 1.50 bits per heavy atom. The lowest BCUT2D eigenvalue weighted by Gasteiger charge is -2.54. The van der Waals surface area contributed by atoms with E-state index in [1.807, 2.05) is 42.5 Å². The molecule has 1 saturated carbocycles. The minimum atomic E-state index is -1.47. The average molecular weight is 808 g/mol. The van der Waals surface area contributed by atoms with E-state index in [0.717, 1.165) is 4.57 Å². The summed E-state index contributed by atoms with van der Waals surface area (Å²) in [7, 11) is 6.04. The van der Waals surface area contributed by atoms with E-state index in [9.17, 15) is 19.5 Å². The number of rotatable bonds is 9. The Hall–Kier alpha value is -7.22. The highest BCUT2D eigenvalue weighted by Gasteiger charge is 2.63. The van der Waals surface area contributed by atoms with E-state index in [1.54, 1.807) is 55.6 Å². The predicted octanol–water partition coefficient (Wildman–Crippen LogP) is 4.49. The molecule has 3 heterocycles. The summed E-state index contributed by atoms with van der Waals surface area (Å²) in [5, 5.41) is 10.7. The van der Waals surface area contributed by atoms with Gasteiger partial charge in [0.1, 0.15) is 5.69 Å². The molecule has 3 aliphatic rings. The van der Waals surface area contributed by atoms with Gasteiger partial charge in [0, 0.05) is 49.6 Å². The van der Waals surface area contributed by atoms with Crippen LogP contribution in [0.1, 0.15) is 40.8 Å². The summed E-state index contributed by atoms with van der Waals surface area (Å²) < 4.78 is 21.7. The number of aromatic nitrogens is 5. The van der Waals surface area contributed by atoms with Crippen molar-refractivity contribution in [1.82, 2.24) is 23.5 Å². The number of aromatic hydroxyl groups is 1. The SMILES string of the molecule is COc1cc(C2C3=CCn4c(=O)n(CCc5nc6cc(OC)c(OC)cc6n(C)c5=O)c(=O)n4C3CC3C(=O)C(c4ccccc4)=CC(=O)C32c2ccccc2)ccc1O. The molecule has 1 N–H and O–H groups in total. The Morgan fingerprint density at radius 3 is 2.20 bits per heavy atom. The lowest BCUT2D eigenvalue weighted by atomic mass is 9.47. The molecule has 14 heteroatoms. The highest BCUT2D eigenvalue weighted by Crippen LogP contribution is 2.61. The summed E-state index contributed by atoms with van der Waals surface area (Å²) in [6.07, 6.45) is 3.32. The van der Waals surface area contributed by atoms with E-state index in [-0.39, 0.29) is 60.3 Å². The van der Waals surface area contributed by atoms with Crippen molar-refractivity contribution in [3.63, 3.8) is 0 Å². The van der Waals surface area contributed by atoms with Gasteiger partial charge in [-0.25, -0.2) is 28.5 Å². The Labute approximate surface area is 342 Å². The standard InChI is InChI=1S/C46H41N5O9/c1-48-35-25-39(60-4)38(59-3)24-33(35)47-32(43(48)55)18-19-49-44(56)50-20-17-29-34(51(50)45(49)57)23-31-42(54)30(26-11-7-5-8-12-26)22-40(53)46(31,28-13-9-6-10-14-28)41(29)27-15-16-36(52)37(21-27)58-2/h5-17,21-22,24-25,31,34,41,52H,18-20,23H2,1-4H3. The molecule has 60 heavy (non-hydrogen) atoms. The van der Waals surface area contributed by atoms with Gasteiger partial charge in [-0.2, -0.15) is 0 Å². The third-order valence-corrected chi connectivity index (χ3v) is 12.5. The van der Waals surface area contributed by atoms with Crippen molar-refractivity contribution in [3.05, 3.63) is 162 Å². The average Bonchev–Trinajstić information content (AvgIpc) is 3.52. The molecule has 0 saturated heterocycles. The maximum Gasteiger partial charge on any atom is 0.347 e. The first kappa shape index (κ1) is 38.3. The number of carbonyl (C=O) groups excluding carboxylic acids is 2. The molecule has 4 unspecified atom stereocenters. The van der Waals surface area contributed by atoms with Gasteiger partial charge < -0.3 is 23.9 Å². The minimum Gasteiger partial charge on any atom is -0.504 e. The topological polar surface area (TPSA) is 166 Å². The third-order valence-electron chi connectivity index (χ3n) is 12.5. The van der Waals surface area contributed by atoms with Crippen molar-refractivity contribution < 1.29 is 28.9 Å².